The van der Waals surface area contributed by atoms with Gasteiger partial charge in [0.2, 0.25) is 5.91 Å². The Balaban J connectivity index is 2.00. The Morgan fingerprint density at radius 2 is 2.29 bits per heavy atom. The van der Waals surface area contributed by atoms with Crippen molar-refractivity contribution in [1.29, 1.82) is 0 Å². The van der Waals surface area contributed by atoms with Gasteiger partial charge in [0.05, 0.1) is 6.61 Å². The molecule has 0 bridgehead atoms. The van der Waals surface area contributed by atoms with E-state index in [4.69, 9.17) is 16.3 Å². The highest BCUT2D eigenvalue weighted by Crippen LogP contribution is 2.27. The van der Waals surface area contributed by atoms with Crippen LogP contribution < -0.4 is 5.32 Å². The number of hydrogen-bond acceptors (Lipinski definition) is 4. The summed E-state index contributed by atoms with van der Waals surface area (Å²) in [6, 6.07) is 2.49. The van der Waals surface area contributed by atoms with Gasteiger partial charge >= 0.3 is 6.09 Å². The van der Waals surface area contributed by atoms with E-state index < -0.39 is 23.8 Å². The van der Waals surface area contributed by atoms with E-state index >= 15 is 0 Å². The summed E-state index contributed by atoms with van der Waals surface area (Å²) in [7, 11) is 0. The molecule has 0 aromatic carbocycles. The average Bonchev–Trinajstić information content (AvgIpc) is 2.73. The Hall–Kier alpha value is -1.86. The lowest BCUT2D eigenvalue weighted by atomic mass is 10.2. The number of carbonyl (C=O) groups excluding carboxylic acids is 1. The summed E-state index contributed by atoms with van der Waals surface area (Å²) in [5, 5.41) is 12.3. The third-order valence-corrected chi connectivity index (χ3v) is 3.47. The summed E-state index contributed by atoms with van der Waals surface area (Å²) in [4.78, 5) is 28.4. The summed E-state index contributed by atoms with van der Waals surface area (Å²) in [6.07, 6.45) is 0.359. The van der Waals surface area contributed by atoms with Gasteiger partial charge in [-0.15, -0.1) is 0 Å². The minimum atomic E-state index is -1.19. The summed E-state index contributed by atoms with van der Waals surface area (Å²) in [5.41, 5.74) is -0.247. The highest BCUT2D eigenvalue weighted by atomic mass is 35.5. The zero-order valence-electron chi connectivity index (χ0n) is 11.7. The maximum Gasteiger partial charge on any atom is 0.410 e. The molecule has 0 radical (unpaired) electrons. The SMILES string of the molecule is CC1(C)OCC(C(=O)NCc2ccc(Cl)nc2)N1C(=O)O. The largest absolute Gasteiger partial charge is 0.465 e. The first-order chi connectivity index (χ1) is 9.81. The van der Waals surface area contributed by atoms with Gasteiger partial charge in [-0.3, -0.25) is 9.69 Å². The van der Waals surface area contributed by atoms with E-state index in [1.54, 1.807) is 32.2 Å². The van der Waals surface area contributed by atoms with Crippen molar-refractivity contribution in [1.82, 2.24) is 15.2 Å². The van der Waals surface area contributed by atoms with Crippen LogP contribution in [0.25, 0.3) is 0 Å². The van der Waals surface area contributed by atoms with Crippen molar-refractivity contribution >= 4 is 23.6 Å². The topological polar surface area (TPSA) is 91.8 Å². The van der Waals surface area contributed by atoms with E-state index in [-0.39, 0.29) is 13.2 Å². The van der Waals surface area contributed by atoms with Gasteiger partial charge < -0.3 is 15.2 Å². The number of ether oxygens (including phenoxy) is 1. The molecule has 8 heteroatoms. The van der Waals surface area contributed by atoms with Crippen LogP contribution in [0.4, 0.5) is 4.79 Å². The molecule has 21 heavy (non-hydrogen) atoms. The van der Waals surface area contributed by atoms with Gasteiger partial charge in [-0.1, -0.05) is 17.7 Å². The van der Waals surface area contributed by atoms with Gasteiger partial charge in [0.15, 0.2) is 0 Å². The van der Waals surface area contributed by atoms with E-state index in [1.807, 2.05) is 0 Å². The third kappa shape index (κ3) is 3.43. The van der Waals surface area contributed by atoms with Crippen molar-refractivity contribution in [2.45, 2.75) is 32.2 Å². The number of nitrogens with zero attached hydrogens (tertiary/aromatic N) is 2. The maximum absolute atomic E-state index is 12.1. The van der Waals surface area contributed by atoms with E-state index in [0.29, 0.717) is 5.15 Å². The molecule has 0 aliphatic carbocycles. The van der Waals surface area contributed by atoms with Gasteiger partial charge in [0, 0.05) is 12.7 Å². The molecule has 114 valence electrons. The predicted octanol–water partition coefficient (Wildman–Crippen LogP) is 1.47. The highest BCUT2D eigenvalue weighted by molar-refractivity contribution is 6.29. The number of amides is 2. The van der Waals surface area contributed by atoms with Crippen LogP contribution in [0.1, 0.15) is 19.4 Å². The second-order valence-electron chi connectivity index (χ2n) is 5.13. The smallest absolute Gasteiger partial charge is 0.410 e. The fraction of sp³-hybridized carbons (Fsp3) is 0.462. The van der Waals surface area contributed by atoms with Gasteiger partial charge in [0.25, 0.3) is 0 Å². The lowest BCUT2D eigenvalue weighted by Gasteiger charge is -2.30. The van der Waals surface area contributed by atoms with Crippen LogP contribution in [0, 0.1) is 0 Å². The molecule has 2 amide bonds. The van der Waals surface area contributed by atoms with E-state index in [0.717, 1.165) is 10.5 Å². The van der Waals surface area contributed by atoms with Crippen LogP contribution >= 0.6 is 11.6 Å². The van der Waals surface area contributed by atoms with Crippen molar-refractivity contribution in [3.05, 3.63) is 29.0 Å². The first kappa shape index (κ1) is 15.5. The summed E-state index contributed by atoms with van der Waals surface area (Å²) in [5.74, 6) is -0.405. The molecule has 1 aliphatic heterocycles. The third-order valence-electron chi connectivity index (χ3n) is 3.25. The Labute approximate surface area is 126 Å². The predicted molar refractivity (Wildman–Crippen MR) is 74.8 cm³/mol. The van der Waals surface area contributed by atoms with Gasteiger partial charge in [-0.25, -0.2) is 9.78 Å². The number of nitrogens with one attached hydrogen (secondary N) is 1. The van der Waals surface area contributed by atoms with Crippen molar-refractivity contribution in [2.75, 3.05) is 6.61 Å². The van der Waals surface area contributed by atoms with Crippen molar-refractivity contribution < 1.29 is 19.4 Å². The van der Waals surface area contributed by atoms with Crippen LogP contribution in [-0.2, 0) is 16.1 Å². The van der Waals surface area contributed by atoms with Crippen molar-refractivity contribution in [2.24, 2.45) is 0 Å². The minimum Gasteiger partial charge on any atom is -0.465 e. The van der Waals surface area contributed by atoms with E-state index in [1.165, 1.54) is 0 Å². The fourth-order valence-electron chi connectivity index (χ4n) is 2.18. The number of hydrogen-bond donors (Lipinski definition) is 2. The summed E-state index contributed by atoms with van der Waals surface area (Å²) >= 11 is 5.68. The van der Waals surface area contributed by atoms with E-state index in [9.17, 15) is 14.7 Å². The molecule has 7 nitrogen and oxygen atoms in total. The lowest BCUT2D eigenvalue weighted by Crippen LogP contribution is -2.52. The standard InChI is InChI=1S/C13H16ClN3O4/c1-13(2)17(12(19)20)9(7-21-13)11(18)16-6-8-3-4-10(14)15-5-8/h3-5,9H,6-7H2,1-2H3,(H,16,18)(H,19,20). The zero-order valence-corrected chi connectivity index (χ0v) is 12.4. The molecule has 1 saturated heterocycles. The van der Waals surface area contributed by atoms with Crippen LogP contribution in [0.3, 0.4) is 0 Å². The molecule has 1 aromatic rings. The Bertz CT molecular complexity index is 547. The van der Waals surface area contributed by atoms with Gasteiger partial charge in [-0.05, 0) is 25.5 Å². The molecule has 2 N–H and O–H groups in total. The lowest BCUT2D eigenvalue weighted by molar-refractivity contribution is -0.125. The molecule has 0 spiro atoms. The molecule has 1 aliphatic rings. The van der Waals surface area contributed by atoms with Crippen LogP contribution in [-0.4, -0.2) is 45.4 Å². The van der Waals surface area contributed by atoms with Crippen molar-refractivity contribution in [3.8, 4) is 0 Å². The Kier molecular flexibility index (Phi) is 4.34. The molecule has 2 heterocycles. The van der Waals surface area contributed by atoms with E-state index in [2.05, 4.69) is 10.3 Å². The van der Waals surface area contributed by atoms with Gasteiger partial charge in [0.1, 0.15) is 16.9 Å². The molecular formula is C13H16ClN3O4. The molecule has 1 atom stereocenters. The number of aromatic nitrogens is 1. The highest BCUT2D eigenvalue weighted by Gasteiger charge is 2.47. The molecule has 2 rings (SSSR count). The first-order valence-corrected chi connectivity index (χ1v) is 6.73. The number of carbonyl (C=O) groups is 2. The normalized spacial score (nSPS) is 20.3. The molecule has 1 unspecified atom stereocenters. The number of halogens is 1. The summed E-state index contributed by atoms with van der Waals surface area (Å²) < 4.78 is 5.37. The molecule has 1 fully saturated rings. The minimum absolute atomic E-state index is 0.0317. The summed E-state index contributed by atoms with van der Waals surface area (Å²) in [6.45, 7) is 3.49. The monoisotopic (exact) mass is 313 g/mol. The molecule has 1 aromatic heterocycles. The molecule has 0 saturated carbocycles. The maximum atomic E-state index is 12.1. The van der Waals surface area contributed by atoms with Crippen LogP contribution in [0.2, 0.25) is 5.15 Å². The van der Waals surface area contributed by atoms with Crippen LogP contribution in [0.5, 0.6) is 0 Å². The number of pyridine rings is 1. The van der Waals surface area contributed by atoms with Crippen molar-refractivity contribution in [3.63, 3.8) is 0 Å². The second-order valence-corrected chi connectivity index (χ2v) is 5.52. The Morgan fingerprint density at radius 3 is 2.86 bits per heavy atom. The molecular weight excluding hydrogens is 298 g/mol. The van der Waals surface area contributed by atoms with Crippen LogP contribution in [0.15, 0.2) is 18.3 Å². The Morgan fingerprint density at radius 1 is 1.57 bits per heavy atom. The zero-order chi connectivity index (χ0) is 15.6. The quantitative estimate of drug-likeness (QED) is 0.824. The first-order valence-electron chi connectivity index (χ1n) is 6.35. The fourth-order valence-corrected chi connectivity index (χ4v) is 2.29. The average molecular weight is 314 g/mol. The van der Waals surface area contributed by atoms with Gasteiger partial charge in [-0.2, -0.15) is 0 Å². The second kappa shape index (κ2) is 5.87. The number of carboxylic acid groups (broad SMARTS) is 1. The number of rotatable bonds is 3.